The van der Waals surface area contributed by atoms with Crippen LogP contribution in [0, 0.1) is 22.7 Å². The summed E-state index contributed by atoms with van der Waals surface area (Å²) in [6.07, 6.45) is 7.72. The maximum atomic E-state index is 12.6. The molecule has 0 unspecified atom stereocenters. The molecule has 0 aromatic carbocycles. The number of carboxylic acid groups (broad SMARTS) is 1. The molecule has 27 heavy (non-hydrogen) atoms. The van der Waals surface area contributed by atoms with E-state index in [9.17, 15) is 19.5 Å². The Kier molecular flexibility index (Phi) is 4.05. The fourth-order valence-corrected chi connectivity index (χ4v) is 6.44. The van der Waals surface area contributed by atoms with Crippen molar-refractivity contribution in [3.63, 3.8) is 0 Å². The Balaban J connectivity index is 1.84. The highest BCUT2D eigenvalue weighted by atomic mass is 16.4. The summed E-state index contributed by atoms with van der Waals surface area (Å²) in [6.45, 7) is 4.07. The Morgan fingerprint density at radius 3 is 2.63 bits per heavy atom. The summed E-state index contributed by atoms with van der Waals surface area (Å²) in [5, 5.41) is 20.9. The van der Waals surface area contributed by atoms with Crippen molar-refractivity contribution < 1.29 is 24.6 Å². The molecule has 146 valence electrons. The molecule has 0 bridgehead atoms. The first-order valence-electron chi connectivity index (χ1n) is 10.1. The van der Waals surface area contributed by atoms with Gasteiger partial charge in [-0.3, -0.25) is 14.4 Å². The van der Waals surface area contributed by atoms with Gasteiger partial charge in [-0.15, -0.1) is 0 Å². The lowest BCUT2D eigenvalue weighted by atomic mass is 9.46. The average molecular weight is 372 g/mol. The first kappa shape index (κ1) is 18.6. The molecule has 2 fully saturated rings. The zero-order chi connectivity index (χ0) is 19.6. The Labute approximate surface area is 159 Å². The van der Waals surface area contributed by atoms with Crippen LogP contribution in [-0.4, -0.2) is 33.3 Å². The summed E-state index contributed by atoms with van der Waals surface area (Å²) in [5.41, 5.74) is -0.185. The molecule has 0 heterocycles. The largest absolute Gasteiger partial charge is 0.481 e. The summed E-state index contributed by atoms with van der Waals surface area (Å²) in [7, 11) is 0. The van der Waals surface area contributed by atoms with Crippen molar-refractivity contribution in [2.75, 3.05) is 0 Å². The lowest BCUT2D eigenvalue weighted by Crippen LogP contribution is -2.60. The van der Waals surface area contributed by atoms with Crippen LogP contribution in [-0.2, 0) is 14.4 Å². The highest BCUT2D eigenvalue weighted by Gasteiger charge is 2.66. The van der Waals surface area contributed by atoms with E-state index in [1.54, 1.807) is 6.08 Å². The third-order valence-corrected chi connectivity index (χ3v) is 8.21. The molecule has 5 atom stereocenters. The lowest BCUT2D eigenvalue weighted by Gasteiger charge is -2.59. The molecule has 4 aliphatic rings. The number of Topliss-reactive ketones (excluding diaryl/α,β-unsaturated/α-hetero) is 1. The summed E-state index contributed by atoms with van der Waals surface area (Å²) in [5.74, 6) is -0.617. The van der Waals surface area contributed by atoms with Crippen molar-refractivity contribution in [3.05, 3.63) is 23.3 Å². The molecule has 0 aliphatic heterocycles. The number of allylic oxidation sites excluding steroid dienone is 3. The molecule has 0 aromatic rings. The van der Waals surface area contributed by atoms with E-state index < -0.39 is 17.0 Å². The van der Waals surface area contributed by atoms with E-state index in [0.717, 1.165) is 24.0 Å². The van der Waals surface area contributed by atoms with Crippen molar-refractivity contribution in [1.82, 2.24) is 0 Å². The maximum absolute atomic E-state index is 12.6. The highest BCUT2D eigenvalue weighted by Crippen LogP contribution is 2.65. The van der Waals surface area contributed by atoms with Crippen molar-refractivity contribution >= 4 is 17.5 Å². The number of carboxylic acids is 1. The molecular formula is C22H28O5. The summed E-state index contributed by atoms with van der Waals surface area (Å²) in [4.78, 5) is 35.9. The summed E-state index contributed by atoms with van der Waals surface area (Å²) >= 11 is 0. The van der Waals surface area contributed by atoms with E-state index >= 15 is 0 Å². The van der Waals surface area contributed by atoms with Gasteiger partial charge < -0.3 is 10.2 Å². The number of hydrogen-bond acceptors (Lipinski definition) is 4. The second-order valence-electron chi connectivity index (χ2n) is 9.38. The second-order valence-corrected chi connectivity index (χ2v) is 9.38. The van der Waals surface area contributed by atoms with Crippen LogP contribution in [0.15, 0.2) is 23.3 Å². The van der Waals surface area contributed by atoms with Gasteiger partial charge in [0.1, 0.15) is 5.78 Å². The Morgan fingerprint density at radius 1 is 1.19 bits per heavy atom. The van der Waals surface area contributed by atoms with Gasteiger partial charge in [-0.1, -0.05) is 13.0 Å². The first-order chi connectivity index (χ1) is 12.6. The number of hydrogen-bond donors (Lipinski definition) is 2. The molecule has 5 heteroatoms. The van der Waals surface area contributed by atoms with Crippen LogP contribution in [0.1, 0.15) is 65.2 Å². The van der Waals surface area contributed by atoms with E-state index in [0.29, 0.717) is 32.1 Å². The second kappa shape index (κ2) is 5.87. The third kappa shape index (κ3) is 2.43. The molecule has 2 saturated carbocycles. The van der Waals surface area contributed by atoms with Crippen LogP contribution in [0.4, 0.5) is 0 Å². The minimum Gasteiger partial charge on any atom is -0.481 e. The number of carbonyl (C=O) groups excluding carboxylic acids is 2. The van der Waals surface area contributed by atoms with Crippen LogP contribution in [0.25, 0.3) is 0 Å². The van der Waals surface area contributed by atoms with Crippen LogP contribution >= 0.6 is 0 Å². The third-order valence-electron chi connectivity index (χ3n) is 8.21. The molecule has 4 rings (SSSR count). The Bertz CT molecular complexity index is 793. The normalized spacial score (nSPS) is 43.4. The molecule has 0 radical (unpaired) electrons. The smallest absolute Gasteiger partial charge is 0.303 e. The Hall–Kier alpha value is -1.75. The standard InChI is InChI=1S/C22H28O5/c1-20-8-5-14(23)12-16(20)13(3-4-19(25)26)11-17-15(20)6-9-21(2)18(24)7-10-22(17,21)27/h11-12,15,17,27H,3-10H2,1-2H3,(H,25,26)/t15-,17-,20-,21-,22-/m1/s1. The first-order valence-corrected chi connectivity index (χ1v) is 10.1. The molecular weight excluding hydrogens is 344 g/mol. The SMILES string of the molecule is C[C@]12CCC(=O)C=C1C(CCC(=O)O)=C[C@@H]1[C@H]2CC[C@]2(C)C(=O)CC[C@@]12O. The van der Waals surface area contributed by atoms with Crippen LogP contribution < -0.4 is 0 Å². The molecule has 0 amide bonds. The monoisotopic (exact) mass is 372 g/mol. The number of aliphatic carboxylic acids is 1. The van der Waals surface area contributed by atoms with Crippen molar-refractivity contribution in [1.29, 1.82) is 0 Å². The van der Waals surface area contributed by atoms with E-state index in [1.807, 2.05) is 13.0 Å². The predicted octanol–water partition coefficient (Wildman–Crippen LogP) is 3.21. The number of carbonyl (C=O) groups is 3. The molecule has 5 nitrogen and oxygen atoms in total. The number of ketones is 2. The minimum absolute atomic E-state index is 0.000538. The van der Waals surface area contributed by atoms with Gasteiger partial charge in [-0.2, -0.15) is 0 Å². The zero-order valence-corrected chi connectivity index (χ0v) is 16.1. The van der Waals surface area contributed by atoms with E-state index in [2.05, 4.69) is 6.92 Å². The topological polar surface area (TPSA) is 91.7 Å². The zero-order valence-electron chi connectivity index (χ0n) is 16.1. The van der Waals surface area contributed by atoms with Crippen LogP contribution in [0.2, 0.25) is 0 Å². The van der Waals surface area contributed by atoms with E-state index in [4.69, 9.17) is 5.11 Å². The Morgan fingerprint density at radius 2 is 1.93 bits per heavy atom. The molecule has 2 N–H and O–H groups in total. The van der Waals surface area contributed by atoms with Crippen LogP contribution in [0.5, 0.6) is 0 Å². The van der Waals surface area contributed by atoms with Gasteiger partial charge in [-0.25, -0.2) is 0 Å². The van der Waals surface area contributed by atoms with Gasteiger partial charge in [0, 0.05) is 25.2 Å². The summed E-state index contributed by atoms with van der Waals surface area (Å²) in [6, 6.07) is 0. The van der Waals surface area contributed by atoms with Gasteiger partial charge in [0.15, 0.2) is 5.78 Å². The number of aliphatic hydroxyl groups is 1. The van der Waals surface area contributed by atoms with Crippen LogP contribution in [0.3, 0.4) is 0 Å². The van der Waals surface area contributed by atoms with Gasteiger partial charge in [0.2, 0.25) is 0 Å². The van der Waals surface area contributed by atoms with Gasteiger partial charge in [-0.05, 0) is 67.6 Å². The quantitative estimate of drug-likeness (QED) is 0.794. The maximum Gasteiger partial charge on any atom is 0.303 e. The van der Waals surface area contributed by atoms with E-state index in [-0.39, 0.29) is 35.2 Å². The minimum atomic E-state index is -1.07. The number of fused-ring (bicyclic) bond motifs is 5. The molecule has 0 spiro atoms. The van der Waals surface area contributed by atoms with Crippen molar-refractivity contribution in [2.24, 2.45) is 22.7 Å². The number of rotatable bonds is 3. The van der Waals surface area contributed by atoms with Gasteiger partial charge in [0.25, 0.3) is 0 Å². The summed E-state index contributed by atoms with van der Waals surface area (Å²) < 4.78 is 0. The lowest BCUT2D eigenvalue weighted by molar-refractivity contribution is -0.163. The predicted molar refractivity (Wildman–Crippen MR) is 98.9 cm³/mol. The van der Waals surface area contributed by atoms with Gasteiger partial charge in [0.05, 0.1) is 11.0 Å². The van der Waals surface area contributed by atoms with Crippen molar-refractivity contribution in [3.8, 4) is 0 Å². The molecule has 4 aliphatic carbocycles. The molecule has 0 aromatic heterocycles. The fraction of sp³-hybridized carbons (Fsp3) is 0.682. The average Bonchev–Trinajstić information content (AvgIpc) is 2.85. The molecule has 0 saturated heterocycles. The highest BCUT2D eigenvalue weighted by molar-refractivity contribution is 5.93. The fourth-order valence-electron chi connectivity index (χ4n) is 6.44. The van der Waals surface area contributed by atoms with E-state index in [1.165, 1.54) is 0 Å². The van der Waals surface area contributed by atoms with Crippen molar-refractivity contribution in [2.45, 2.75) is 70.8 Å². The van der Waals surface area contributed by atoms with Gasteiger partial charge >= 0.3 is 5.97 Å².